The van der Waals surface area contributed by atoms with Crippen molar-refractivity contribution in [2.75, 3.05) is 0 Å². The minimum absolute atomic E-state index is 0.0932. The number of hydrogen-bond donors (Lipinski definition) is 1. The van der Waals surface area contributed by atoms with Gasteiger partial charge in [-0.15, -0.1) is 0 Å². The van der Waals surface area contributed by atoms with Crippen molar-refractivity contribution in [3.8, 4) is 0 Å². The van der Waals surface area contributed by atoms with E-state index in [0.29, 0.717) is 17.5 Å². The first-order valence-electron chi connectivity index (χ1n) is 5.34. The smallest absolute Gasteiger partial charge is 0.264 e. The van der Waals surface area contributed by atoms with Gasteiger partial charge in [0.15, 0.2) is 5.58 Å². The van der Waals surface area contributed by atoms with Gasteiger partial charge in [-0.1, -0.05) is 12.1 Å². The van der Waals surface area contributed by atoms with Crippen LogP contribution < -0.4 is 5.73 Å². The summed E-state index contributed by atoms with van der Waals surface area (Å²) in [4.78, 5) is 26.3. The highest BCUT2D eigenvalue weighted by atomic mass is 16.4. The average molecular weight is 232 g/mol. The van der Waals surface area contributed by atoms with Crippen LogP contribution in [-0.2, 0) is 4.79 Å². The van der Waals surface area contributed by atoms with Crippen LogP contribution in [0.3, 0.4) is 0 Å². The molecule has 5 heteroatoms. The molecular formula is C12H12N2O3. The molecule has 1 heterocycles. The lowest BCUT2D eigenvalue weighted by molar-refractivity contribution is -0.118. The highest BCUT2D eigenvalue weighted by Crippen LogP contribution is 2.16. The molecule has 0 unspecified atom stereocenters. The fraction of sp³-hybridized carbons (Fsp3) is 0.250. The molecule has 0 fully saturated rings. The van der Waals surface area contributed by atoms with Crippen LogP contribution in [0.5, 0.6) is 0 Å². The number of aromatic nitrogens is 1. The molecule has 1 aromatic carbocycles. The van der Waals surface area contributed by atoms with Crippen LogP contribution in [-0.4, -0.2) is 16.7 Å². The Balaban J connectivity index is 2.06. The summed E-state index contributed by atoms with van der Waals surface area (Å²) in [7, 11) is 0. The summed E-state index contributed by atoms with van der Waals surface area (Å²) in [5, 5.41) is 0. The minimum atomic E-state index is -0.407. The molecule has 2 aromatic rings. The summed E-state index contributed by atoms with van der Waals surface area (Å²) in [6, 6.07) is 7.17. The van der Waals surface area contributed by atoms with Crippen LogP contribution in [0, 0.1) is 0 Å². The van der Waals surface area contributed by atoms with Gasteiger partial charge in [0.25, 0.3) is 5.89 Å². The predicted molar refractivity (Wildman–Crippen MR) is 61.4 cm³/mol. The van der Waals surface area contributed by atoms with Gasteiger partial charge in [0.2, 0.25) is 11.7 Å². The number of rotatable bonds is 5. The molecule has 5 nitrogen and oxygen atoms in total. The van der Waals surface area contributed by atoms with Gasteiger partial charge in [0, 0.05) is 12.8 Å². The van der Waals surface area contributed by atoms with Crippen molar-refractivity contribution in [2.45, 2.75) is 19.3 Å². The lowest BCUT2D eigenvalue weighted by atomic mass is 10.2. The Morgan fingerprint density at radius 2 is 2.00 bits per heavy atom. The number of hydrogen-bond acceptors (Lipinski definition) is 4. The maximum Gasteiger partial charge on any atom is 0.264 e. The number of carbonyl (C=O) groups excluding carboxylic acids is 2. The molecule has 1 amide bonds. The van der Waals surface area contributed by atoms with Gasteiger partial charge >= 0.3 is 0 Å². The zero-order chi connectivity index (χ0) is 12.3. The van der Waals surface area contributed by atoms with E-state index in [1.165, 1.54) is 0 Å². The summed E-state index contributed by atoms with van der Waals surface area (Å²) in [5.41, 5.74) is 6.24. The topological polar surface area (TPSA) is 86.2 Å². The zero-order valence-corrected chi connectivity index (χ0v) is 9.18. The predicted octanol–water partition coefficient (Wildman–Crippen LogP) is 1.67. The van der Waals surface area contributed by atoms with Crippen molar-refractivity contribution in [1.29, 1.82) is 0 Å². The number of oxazole rings is 1. The Hall–Kier alpha value is -2.17. The van der Waals surface area contributed by atoms with E-state index >= 15 is 0 Å². The molecule has 0 radical (unpaired) electrons. The fourth-order valence-corrected chi connectivity index (χ4v) is 1.52. The summed E-state index contributed by atoms with van der Waals surface area (Å²) in [6.07, 6.45) is 0.842. The van der Waals surface area contributed by atoms with E-state index in [4.69, 9.17) is 10.2 Å². The molecule has 0 atom stereocenters. The number of nitrogens with zero attached hydrogens (tertiary/aromatic N) is 1. The molecule has 0 spiro atoms. The van der Waals surface area contributed by atoms with Gasteiger partial charge in [0.05, 0.1) is 0 Å². The molecular weight excluding hydrogens is 220 g/mol. The van der Waals surface area contributed by atoms with Crippen LogP contribution >= 0.6 is 0 Å². The van der Waals surface area contributed by atoms with Gasteiger partial charge in [-0.2, -0.15) is 0 Å². The highest BCUT2D eigenvalue weighted by Gasteiger charge is 2.13. The first-order chi connectivity index (χ1) is 8.16. The number of fused-ring (bicyclic) bond motifs is 1. The van der Waals surface area contributed by atoms with E-state index in [0.717, 1.165) is 0 Å². The van der Waals surface area contributed by atoms with Crippen molar-refractivity contribution in [2.24, 2.45) is 5.73 Å². The van der Waals surface area contributed by atoms with Crippen LogP contribution in [0.25, 0.3) is 11.1 Å². The van der Waals surface area contributed by atoms with Crippen LogP contribution in [0.1, 0.15) is 29.9 Å². The highest BCUT2D eigenvalue weighted by molar-refractivity contribution is 5.94. The minimum Gasteiger partial charge on any atom is -0.434 e. The summed E-state index contributed by atoms with van der Waals surface area (Å²) < 4.78 is 5.31. The lowest BCUT2D eigenvalue weighted by Crippen LogP contribution is -2.11. The van der Waals surface area contributed by atoms with Gasteiger partial charge in [-0.3, -0.25) is 9.59 Å². The second-order valence-electron chi connectivity index (χ2n) is 3.73. The van der Waals surface area contributed by atoms with E-state index < -0.39 is 5.91 Å². The number of carbonyl (C=O) groups is 2. The third kappa shape index (κ3) is 2.69. The molecule has 1 aromatic heterocycles. The van der Waals surface area contributed by atoms with Crippen molar-refractivity contribution >= 4 is 22.8 Å². The normalized spacial score (nSPS) is 10.6. The number of ketones is 1. The Kier molecular flexibility index (Phi) is 3.18. The Morgan fingerprint density at radius 3 is 2.71 bits per heavy atom. The van der Waals surface area contributed by atoms with Gasteiger partial charge < -0.3 is 10.2 Å². The maximum atomic E-state index is 11.7. The monoisotopic (exact) mass is 232 g/mol. The third-order valence-corrected chi connectivity index (χ3v) is 2.36. The average Bonchev–Trinajstić information content (AvgIpc) is 2.71. The van der Waals surface area contributed by atoms with Gasteiger partial charge in [-0.25, -0.2) is 4.98 Å². The Labute approximate surface area is 97.6 Å². The number of para-hydroxylation sites is 2. The second kappa shape index (κ2) is 4.78. The van der Waals surface area contributed by atoms with Crippen LogP contribution in [0.4, 0.5) is 0 Å². The Bertz CT molecular complexity index is 527. The fourth-order valence-electron chi connectivity index (χ4n) is 1.52. The number of benzene rings is 1. The van der Waals surface area contributed by atoms with Crippen LogP contribution in [0.2, 0.25) is 0 Å². The molecule has 2 N–H and O–H groups in total. The maximum absolute atomic E-state index is 11.7. The van der Waals surface area contributed by atoms with Crippen molar-refractivity contribution in [1.82, 2.24) is 4.98 Å². The van der Waals surface area contributed by atoms with E-state index in [1.807, 2.05) is 12.1 Å². The van der Waals surface area contributed by atoms with Crippen molar-refractivity contribution in [3.63, 3.8) is 0 Å². The number of amides is 1. The quantitative estimate of drug-likeness (QED) is 0.794. The Morgan fingerprint density at radius 1 is 1.24 bits per heavy atom. The van der Waals surface area contributed by atoms with E-state index in [-0.39, 0.29) is 24.5 Å². The molecule has 0 saturated heterocycles. The molecule has 0 bridgehead atoms. The number of Topliss-reactive ketones (excluding diaryl/α,β-unsaturated/α-hetero) is 1. The number of primary amides is 1. The molecule has 0 aliphatic heterocycles. The van der Waals surface area contributed by atoms with Crippen molar-refractivity contribution < 1.29 is 14.0 Å². The molecule has 0 saturated carbocycles. The standard InChI is InChI=1S/C12H12N2O3/c13-11(16)7-3-5-9(15)12-14-8-4-1-2-6-10(8)17-12/h1-2,4,6H,3,5,7H2,(H2,13,16). The van der Waals surface area contributed by atoms with E-state index in [1.54, 1.807) is 12.1 Å². The zero-order valence-electron chi connectivity index (χ0n) is 9.18. The van der Waals surface area contributed by atoms with Crippen molar-refractivity contribution in [3.05, 3.63) is 30.2 Å². The molecule has 88 valence electrons. The van der Waals surface area contributed by atoms with Gasteiger partial charge in [0.1, 0.15) is 5.52 Å². The summed E-state index contributed by atoms with van der Waals surface area (Å²) in [6.45, 7) is 0. The molecule has 0 aliphatic rings. The SMILES string of the molecule is NC(=O)CCCC(=O)c1nc2ccccc2o1. The largest absolute Gasteiger partial charge is 0.434 e. The first-order valence-corrected chi connectivity index (χ1v) is 5.34. The first kappa shape index (κ1) is 11.3. The van der Waals surface area contributed by atoms with E-state index in [2.05, 4.69) is 4.98 Å². The number of nitrogens with two attached hydrogens (primary N) is 1. The summed E-state index contributed by atoms with van der Waals surface area (Å²) >= 11 is 0. The second-order valence-corrected chi connectivity index (χ2v) is 3.73. The molecule has 0 aliphatic carbocycles. The molecule has 17 heavy (non-hydrogen) atoms. The molecule has 2 rings (SSSR count). The van der Waals surface area contributed by atoms with E-state index in [9.17, 15) is 9.59 Å². The van der Waals surface area contributed by atoms with Crippen LogP contribution in [0.15, 0.2) is 28.7 Å². The van der Waals surface area contributed by atoms with Gasteiger partial charge in [-0.05, 0) is 18.6 Å². The third-order valence-electron chi connectivity index (χ3n) is 2.36. The summed E-state index contributed by atoms with van der Waals surface area (Å²) in [5.74, 6) is -0.520. The lowest BCUT2D eigenvalue weighted by Gasteiger charge is -1.94.